The zero-order chi connectivity index (χ0) is 9.14. The molecule has 0 amide bonds. The summed E-state index contributed by atoms with van der Waals surface area (Å²) in [5, 5.41) is 8.79. The molecule has 0 aliphatic heterocycles. The van der Waals surface area contributed by atoms with Gasteiger partial charge in [-0.25, -0.2) is 4.39 Å². The van der Waals surface area contributed by atoms with Crippen molar-refractivity contribution < 1.29 is 4.39 Å². The molecule has 0 bridgehead atoms. The number of halogens is 2. The van der Waals surface area contributed by atoms with E-state index in [9.17, 15) is 4.39 Å². The normalized spacial score (nSPS) is 9.50. The molecular weight excluding hydrogens is 179 g/mol. The second-order valence-electron chi connectivity index (χ2n) is 2.24. The van der Waals surface area contributed by atoms with Crippen molar-refractivity contribution in [3.8, 4) is 6.07 Å². The van der Waals surface area contributed by atoms with Gasteiger partial charge in [-0.05, 0) is 17.7 Å². The summed E-state index contributed by atoms with van der Waals surface area (Å²) in [6.07, 6.45) is 0. The number of nitrogens with two attached hydrogens (primary N) is 1. The second kappa shape index (κ2) is 3.53. The second-order valence-corrected chi connectivity index (χ2v) is 2.67. The van der Waals surface area contributed by atoms with E-state index in [1.54, 1.807) is 6.07 Å². The van der Waals surface area contributed by atoms with Crippen LogP contribution in [0.5, 0.6) is 0 Å². The van der Waals surface area contributed by atoms with Gasteiger partial charge in [0.15, 0.2) is 0 Å². The van der Waals surface area contributed by atoms with E-state index in [0.29, 0.717) is 5.56 Å². The molecule has 0 aromatic heterocycles. The fraction of sp³-hybridized carbons (Fsp3) is 0.125. The fourth-order valence-corrected chi connectivity index (χ4v) is 1.14. The molecule has 1 aromatic carbocycles. The number of benzene rings is 1. The quantitative estimate of drug-likeness (QED) is 0.724. The lowest BCUT2D eigenvalue weighted by molar-refractivity contribution is 0.621. The van der Waals surface area contributed by atoms with Crippen LogP contribution in [0.3, 0.4) is 0 Å². The van der Waals surface area contributed by atoms with E-state index in [-0.39, 0.29) is 17.1 Å². The van der Waals surface area contributed by atoms with Crippen LogP contribution in [0.4, 0.5) is 4.39 Å². The third-order valence-corrected chi connectivity index (χ3v) is 1.69. The minimum absolute atomic E-state index is 0.0260. The van der Waals surface area contributed by atoms with Crippen LogP contribution in [0.15, 0.2) is 12.1 Å². The smallest absolute Gasteiger partial charge is 0.142 e. The summed E-state index contributed by atoms with van der Waals surface area (Å²) in [4.78, 5) is 0. The van der Waals surface area contributed by atoms with E-state index in [4.69, 9.17) is 22.6 Å². The first-order valence-corrected chi connectivity index (χ1v) is 3.65. The number of hydrogen-bond acceptors (Lipinski definition) is 2. The molecule has 0 aliphatic rings. The summed E-state index contributed by atoms with van der Waals surface area (Å²) in [7, 11) is 0. The summed E-state index contributed by atoms with van der Waals surface area (Å²) in [5.74, 6) is -0.620. The van der Waals surface area contributed by atoms with Crippen molar-refractivity contribution in [2.24, 2.45) is 5.73 Å². The van der Waals surface area contributed by atoms with Crippen LogP contribution in [0.25, 0.3) is 0 Å². The third kappa shape index (κ3) is 1.55. The molecule has 0 heterocycles. The summed E-state index contributed by atoms with van der Waals surface area (Å²) < 4.78 is 12.9. The van der Waals surface area contributed by atoms with Crippen LogP contribution in [0.1, 0.15) is 11.1 Å². The number of nitriles is 1. The molecule has 4 heteroatoms. The van der Waals surface area contributed by atoms with Crippen LogP contribution in [-0.2, 0) is 6.54 Å². The minimum atomic E-state index is -0.620. The van der Waals surface area contributed by atoms with Crippen molar-refractivity contribution in [1.29, 1.82) is 5.26 Å². The Morgan fingerprint density at radius 3 is 2.75 bits per heavy atom. The van der Waals surface area contributed by atoms with Gasteiger partial charge in [-0.2, -0.15) is 5.26 Å². The van der Waals surface area contributed by atoms with Crippen molar-refractivity contribution in [3.63, 3.8) is 0 Å². The Labute approximate surface area is 74.4 Å². The van der Waals surface area contributed by atoms with Gasteiger partial charge >= 0.3 is 0 Å². The van der Waals surface area contributed by atoms with Gasteiger partial charge in [0.05, 0.1) is 5.56 Å². The van der Waals surface area contributed by atoms with E-state index in [1.807, 2.05) is 0 Å². The lowest BCUT2D eigenvalue weighted by Crippen LogP contribution is -2.01. The molecule has 1 aromatic rings. The highest BCUT2D eigenvalue weighted by Crippen LogP contribution is 2.18. The lowest BCUT2D eigenvalue weighted by Gasteiger charge is -2.01. The number of hydrogen-bond donors (Lipinski definition) is 1. The predicted molar refractivity (Wildman–Crippen MR) is 44.0 cm³/mol. The zero-order valence-electron chi connectivity index (χ0n) is 6.14. The van der Waals surface area contributed by atoms with Crippen molar-refractivity contribution in [2.45, 2.75) is 6.54 Å². The van der Waals surface area contributed by atoms with E-state index in [1.165, 1.54) is 6.07 Å². The maximum Gasteiger partial charge on any atom is 0.142 e. The van der Waals surface area contributed by atoms with Gasteiger partial charge in [0, 0.05) is 11.6 Å². The highest BCUT2D eigenvalue weighted by Gasteiger charge is 2.07. The molecular formula is C8H6ClFN2. The average molecular weight is 185 g/mol. The third-order valence-electron chi connectivity index (χ3n) is 1.47. The first kappa shape index (κ1) is 8.98. The SMILES string of the molecule is N#Cc1c(F)cc(Cl)cc1CN. The molecule has 0 saturated carbocycles. The van der Waals surface area contributed by atoms with Crippen LogP contribution in [0, 0.1) is 17.1 Å². The topological polar surface area (TPSA) is 49.8 Å². The molecule has 0 fully saturated rings. The molecule has 12 heavy (non-hydrogen) atoms. The van der Waals surface area contributed by atoms with Gasteiger partial charge in [0.1, 0.15) is 11.9 Å². The fourth-order valence-electron chi connectivity index (χ4n) is 0.913. The molecule has 0 saturated heterocycles. The summed E-state index contributed by atoms with van der Waals surface area (Å²) >= 11 is 5.55. The van der Waals surface area contributed by atoms with E-state index < -0.39 is 5.82 Å². The molecule has 2 nitrogen and oxygen atoms in total. The monoisotopic (exact) mass is 184 g/mol. The molecule has 1 rings (SSSR count). The van der Waals surface area contributed by atoms with Crippen LogP contribution in [-0.4, -0.2) is 0 Å². The Morgan fingerprint density at radius 1 is 1.58 bits per heavy atom. The van der Waals surface area contributed by atoms with Gasteiger partial charge in [-0.1, -0.05) is 11.6 Å². The summed E-state index contributed by atoms with van der Waals surface area (Å²) in [6, 6.07) is 4.31. The Bertz CT molecular complexity index is 344. The Kier molecular flexibility index (Phi) is 2.64. The van der Waals surface area contributed by atoms with Gasteiger partial charge in [0.25, 0.3) is 0 Å². The maximum atomic E-state index is 12.9. The van der Waals surface area contributed by atoms with Gasteiger partial charge < -0.3 is 5.73 Å². The molecule has 0 aliphatic carbocycles. The van der Waals surface area contributed by atoms with E-state index in [2.05, 4.69) is 0 Å². The molecule has 0 radical (unpaired) electrons. The van der Waals surface area contributed by atoms with Gasteiger partial charge in [-0.3, -0.25) is 0 Å². The Hall–Kier alpha value is -1.11. The van der Waals surface area contributed by atoms with Gasteiger partial charge in [0.2, 0.25) is 0 Å². The molecule has 0 unspecified atom stereocenters. The van der Waals surface area contributed by atoms with Crippen LogP contribution in [0.2, 0.25) is 5.02 Å². The minimum Gasteiger partial charge on any atom is -0.326 e. The Balaban J connectivity index is 3.36. The standard InChI is InChI=1S/C8H6ClFN2/c9-6-1-5(3-11)7(4-12)8(10)2-6/h1-2H,3,11H2. The highest BCUT2D eigenvalue weighted by molar-refractivity contribution is 6.30. The Morgan fingerprint density at radius 2 is 2.25 bits per heavy atom. The van der Waals surface area contributed by atoms with Crippen LogP contribution >= 0.6 is 11.6 Å². The summed E-state index contributed by atoms with van der Waals surface area (Å²) in [6.45, 7) is 0.111. The molecule has 0 spiro atoms. The molecule has 62 valence electrons. The predicted octanol–water partition coefficient (Wildman–Crippen LogP) is 1.81. The molecule has 2 N–H and O–H groups in total. The van der Waals surface area contributed by atoms with Crippen LogP contribution < -0.4 is 5.73 Å². The highest BCUT2D eigenvalue weighted by atomic mass is 35.5. The lowest BCUT2D eigenvalue weighted by atomic mass is 10.1. The largest absolute Gasteiger partial charge is 0.326 e. The first-order valence-electron chi connectivity index (χ1n) is 3.27. The zero-order valence-corrected chi connectivity index (χ0v) is 6.90. The average Bonchev–Trinajstić information content (AvgIpc) is 2.03. The number of rotatable bonds is 1. The van der Waals surface area contributed by atoms with Crippen molar-refractivity contribution in [3.05, 3.63) is 34.1 Å². The van der Waals surface area contributed by atoms with Crippen molar-refractivity contribution in [2.75, 3.05) is 0 Å². The summed E-state index contributed by atoms with van der Waals surface area (Å²) in [5.41, 5.74) is 5.69. The number of nitrogens with zero attached hydrogens (tertiary/aromatic N) is 1. The van der Waals surface area contributed by atoms with Crippen molar-refractivity contribution >= 4 is 11.6 Å². The van der Waals surface area contributed by atoms with Gasteiger partial charge in [-0.15, -0.1) is 0 Å². The van der Waals surface area contributed by atoms with E-state index >= 15 is 0 Å². The molecule has 0 atom stereocenters. The van der Waals surface area contributed by atoms with E-state index in [0.717, 1.165) is 6.07 Å². The first-order chi connectivity index (χ1) is 5.69. The van der Waals surface area contributed by atoms with Crippen molar-refractivity contribution in [1.82, 2.24) is 0 Å². The maximum absolute atomic E-state index is 12.9.